The average Bonchev–Trinajstić information content (AvgIpc) is 3.65. The van der Waals surface area contributed by atoms with Gasteiger partial charge in [-0.3, -0.25) is 9.88 Å². The summed E-state index contributed by atoms with van der Waals surface area (Å²) in [6.45, 7) is 3.24. The Kier molecular flexibility index (Phi) is 6.17. The fourth-order valence-corrected chi connectivity index (χ4v) is 7.83. The lowest BCUT2D eigenvalue weighted by atomic mass is 9.94. The number of ether oxygens (including phenoxy) is 1. The second kappa shape index (κ2) is 10.00. The van der Waals surface area contributed by atoms with Gasteiger partial charge in [-0.25, -0.2) is 8.78 Å². The van der Waals surface area contributed by atoms with E-state index in [1.807, 2.05) is 6.07 Å². The van der Waals surface area contributed by atoms with Gasteiger partial charge in [0, 0.05) is 55.3 Å². The molecule has 4 atom stereocenters. The van der Waals surface area contributed by atoms with E-state index in [9.17, 15) is 13.9 Å². The molecular formula is C33H32F2N6O2. The third kappa shape index (κ3) is 4.45. The highest BCUT2D eigenvalue weighted by atomic mass is 19.1. The number of piperazine rings is 1. The normalized spacial score (nSPS) is 26.7. The molecule has 4 aliphatic rings. The number of anilines is 1. The van der Waals surface area contributed by atoms with Gasteiger partial charge >= 0.3 is 6.01 Å². The van der Waals surface area contributed by atoms with Crippen LogP contribution in [0.2, 0.25) is 0 Å². The molecule has 4 aliphatic heterocycles. The summed E-state index contributed by atoms with van der Waals surface area (Å²) in [5.74, 6) is 2.71. The maximum atomic E-state index is 14.8. The molecule has 2 N–H and O–H groups in total. The minimum atomic E-state index is -0.852. The lowest BCUT2D eigenvalue weighted by Crippen LogP contribution is -2.51. The van der Waals surface area contributed by atoms with Crippen LogP contribution in [0.15, 0.2) is 36.5 Å². The number of pyridine rings is 1. The fraction of sp³-hybridized carbons (Fsp3) is 0.424. The Labute approximate surface area is 248 Å². The van der Waals surface area contributed by atoms with Crippen LogP contribution in [-0.2, 0) is 0 Å². The minimum Gasteiger partial charge on any atom is -0.508 e. The van der Waals surface area contributed by atoms with Gasteiger partial charge in [-0.05, 0) is 67.4 Å². The molecule has 0 unspecified atom stereocenters. The van der Waals surface area contributed by atoms with Crippen molar-refractivity contribution in [3.05, 3.63) is 47.9 Å². The third-order valence-electron chi connectivity index (χ3n) is 9.75. The summed E-state index contributed by atoms with van der Waals surface area (Å²) in [4.78, 5) is 19.0. The lowest BCUT2D eigenvalue weighted by molar-refractivity contribution is 0.107. The zero-order chi connectivity index (χ0) is 29.3. The number of terminal acetylenes is 1. The quantitative estimate of drug-likeness (QED) is 0.331. The van der Waals surface area contributed by atoms with Gasteiger partial charge < -0.3 is 20.1 Å². The van der Waals surface area contributed by atoms with Crippen LogP contribution in [0.25, 0.3) is 32.9 Å². The van der Waals surface area contributed by atoms with Gasteiger partial charge in [0.1, 0.15) is 29.9 Å². The molecule has 220 valence electrons. The van der Waals surface area contributed by atoms with Crippen molar-refractivity contribution in [2.24, 2.45) is 0 Å². The summed E-state index contributed by atoms with van der Waals surface area (Å²) < 4.78 is 35.5. The predicted molar refractivity (Wildman–Crippen MR) is 161 cm³/mol. The molecule has 0 spiro atoms. The van der Waals surface area contributed by atoms with E-state index in [2.05, 4.69) is 21.0 Å². The van der Waals surface area contributed by atoms with Crippen molar-refractivity contribution in [3.63, 3.8) is 0 Å². The van der Waals surface area contributed by atoms with E-state index in [-0.39, 0.29) is 22.9 Å². The summed E-state index contributed by atoms with van der Waals surface area (Å²) in [6, 6.07) is 8.91. The topological polar surface area (TPSA) is 86.6 Å². The number of rotatable bonds is 5. The molecule has 0 saturated carbocycles. The van der Waals surface area contributed by atoms with Gasteiger partial charge in [0.25, 0.3) is 0 Å². The number of halogens is 2. The number of aromatic hydroxyl groups is 1. The summed E-state index contributed by atoms with van der Waals surface area (Å²) in [5.41, 5.74) is 2.18. The number of hydrogen-bond donors (Lipinski definition) is 2. The van der Waals surface area contributed by atoms with Crippen LogP contribution in [0.5, 0.6) is 11.8 Å². The van der Waals surface area contributed by atoms with E-state index >= 15 is 0 Å². The van der Waals surface area contributed by atoms with E-state index in [0.717, 1.165) is 45.3 Å². The van der Waals surface area contributed by atoms with Crippen molar-refractivity contribution < 1.29 is 18.6 Å². The van der Waals surface area contributed by atoms with E-state index < -0.39 is 12.0 Å². The average molecular weight is 583 g/mol. The Hall–Kier alpha value is -4.07. The molecule has 4 aromatic rings. The smallest absolute Gasteiger partial charge is 0.319 e. The Morgan fingerprint density at radius 3 is 2.79 bits per heavy atom. The van der Waals surface area contributed by atoms with Crippen molar-refractivity contribution in [3.8, 4) is 35.2 Å². The first-order valence-electron chi connectivity index (χ1n) is 15.0. The van der Waals surface area contributed by atoms with Crippen LogP contribution in [0.4, 0.5) is 14.6 Å². The van der Waals surface area contributed by atoms with Gasteiger partial charge in [-0.1, -0.05) is 12.0 Å². The molecule has 43 heavy (non-hydrogen) atoms. The first-order chi connectivity index (χ1) is 20.9. The molecule has 8 rings (SSSR count). The number of benzene rings is 2. The van der Waals surface area contributed by atoms with Crippen molar-refractivity contribution >= 4 is 27.6 Å². The molecule has 8 nitrogen and oxygen atoms in total. The van der Waals surface area contributed by atoms with E-state index in [1.165, 1.54) is 6.07 Å². The van der Waals surface area contributed by atoms with E-state index in [4.69, 9.17) is 26.1 Å². The highest BCUT2D eigenvalue weighted by molar-refractivity contribution is 6.03. The van der Waals surface area contributed by atoms with Crippen molar-refractivity contribution in [2.45, 2.75) is 55.9 Å². The number of alkyl halides is 1. The lowest BCUT2D eigenvalue weighted by Gasteiger charge is -2.34. The van der Waals surface area contributed by atoms with Gasteiger partial charge in [-0.15, -0.1) is 6.42 Å². The Bertz CT molecular complexity index is 1800. The number of nitrogens with one attached hydrogen (secondary N) is 1. The number of fused-ring (bicyclic) bond motifs is 5. The molecule has 6 heterocycles. The molecule has 0 radical (unpaired) electrons. The second-order valence-electron chi connectivity index (χ2n) is 12.5. The summed E-state index contributed by atoms with van der Waals surface area (Å²) in [7, 11) is 0. The van der Waals surface area contributed by atoms with Crippen LogP contribution < -0.4 is 15.0 Å². The molecule has 0 amide bonds. The van der Waals surface area contributed by atoms with E-state index in [1.54, 1.807) is 24.4 Å². The van der Waals surface area contributed by atoms with Crippen molar-refractivity contribution in [1.29, 1.82) is 0 Å². The molecule has 2 aromatic carbocycles. The minimum absolute atomic E-state index is 0.0315. The fourth-order valence-electron chi connectivity index (χ4n) is 7.83. The van der Waals surface area contributed by atoms with Crippen LogP contribution in [0.1, 0.15) is 37.7 Å². The highest BCUT2D eigenvalue weighted by Crippen LogP contribution is 2.41. The van der Waals surface area contributed by atoms with E-state index in [0.29, 0.717) is 70.4 Å². The molecule has 0 aliphatic carbocycles. The Morgan fingerprint density at radius 2 is 1.98 bits per heavy atom. The maximum absolute atomic E-state index is 14.8. The summed E-state index contributed by atoms with van der Waals surface area (Å²) in [5, 5.41) is 15.4. The molecule has 4 fully saturated rings. The zero-order valence-corrected chi connectivity index (χ0v) is 23.7. The number of aromatic nitrogens is 3. The van der Waals surface area contributed by atoms with Crippen LogP contribution in [-0.4, -0.2) is 81.5 Å². The van der Waals surface area contributed by atoms with Crippen LogP contribution in [0.3, 0.4) is 0 Å². The number of phenolic OH excluding ortho intramolecular Hbond substituents is 1. The van der Waals surface area contributed by atoms with Gasteiger partial charge in [0.2, 0.25) is 0 Å². The molecule has 2 aromatic heterocycles. The standard InChI is InChI=1S/C33H32F2N6O2/c1-2-25-27(35)7-4-19-10-24(42)12-26(29(19)25)20-11-28-30(36-14-20)31(40-16-22-5-6-23(17-40)37-22)39-32(38-28)43-18-33-8-3-9-41(33)15-21(34)13-33/h1,4,7,10-12,14,21-23,37,42H,3,5-6,8-9,13,15-18H2/t21-,22-,23+,33+/m1/s1. The second-order valence-corrected chi connectivity index (χ2v) is 12.5. The summed E-state index contributed by atoms with van der Waals surface area (Å²) >= 11 is 0. The first-order valence-corrected chi connectivity index (χ1v) is 15.0. The van der Waals surface area contributed by atoms with Gasteiger partial charge in [0.15, 0.2) is 5.82 Å². The van der Waals surface area contributed by atoms with Crippen molar-refractivity contribution in [2.75, 3.05) is 37.7 Å². The SMILES string of the molecule is C#Cc1c(F)ccc2cc(O)cc(-c3cnc4c(N5C[C@H]6CC[C@@H](C5)N6)nc(OC[C@@]56CCCN5C[C@H](F)C6)nc4c3)c12. The third-order valence-corrected chi connectivity index (χ3v) is 9.75. The highest BCUT2D eigenvalue weighted by Gasteiger charge is 2.49. The predicted octanol–water partition coefficient (Wildman–Crippen LogP) is 4.57. The van der Waals surface area contributed by atoms with Crippen LogP contribution in [0, 0.1) is 18.2 Å². The monoisotopic (exact) mass is 582 g/mol. The first kappa shape index (κ1) is 26.5. The molecule has 10 heteroatoms. The molecule has 2 bridgehead atoms. The van der Waals surface area contributed by atoms with Gasteiger partial charge in [-0.2, -0.15) is 9.97 Å². The Morgan fingerprint density at radius 1 is 1.14 bits per heavy atom. The zero-order valence-electron chi connectivity index (χ0n) is 23.7. The van der Waals surface area contributed by atoms with Crippen LogP contribution >= 0.6 is 0 Å². The Balaban J connectivity index is 1.24. The molecule has 4 saturated heterocycles. The number of nitrogens with zero attached hydrogens (tertiary/aromatic N) is 5. The number of hydrogen-bond acceptors (Lipinski definition) is 8. The molecular weight excluding hydrogens is 550 g/mol. The van der Waals surface area contributed by atoms with Gasteiger partial charge in [0.05, 0.1) is 16.6 Å². The number of phenols is 1. The summed E-state index contributed by atoms with van der Waals surface area (Å²) in [6.07, 6.45) is 11.2. The van der Waals surface area contributed by atoms with Crippen molar-refractivity contribution in [1.82, 2.24) is 25.2 Å². The maximum Gasteiger partial charge on any atom is 0.319 e. The largest absolute Gasteiger partial charge is 0.508 e.